The van der Waals surface area contributed by atoms with Crippen molar-refractivity contribution in [2.75, 3.05) is 0 Å². The molecule has 0 unspecified atom stereocenters. The third kappa shape index (κ3) is 2.89. The average molecular weight is 360 g/mol. The standard InChI is InChI=1S/C22H22N3O2/c1-21(2)19(24-22(3,4)25(21)26)17-18(15-11-7-5-8-12-15)27-20(23-17)16-13-9-6-10-14-16/h5-14H,1-4H3. The number of hydrogen-bond donors (Lipinski definition) is 0. The summed E-state index contributed by atoms with van der Waals surface area (Å²) in [6.07, 6.45) is 0. The van der Waals surface area contributed by atoms with Gasteiger partial charge in [0.2, 0.25) is 5.89 Å². The summed E-state index contributed by atoms with van der Waals surface area (Å²) in [7, 11) is 0. The number of hydrogen-bond acceptors (Lipinski definition) is 4. The van der Waals surface area contributed by atoms with Crippen LogP contribution in [0.25, 0.3) is 22.8 Å². The molecular weight excluding hydrogens is 338 g/mol. The van der Waals surface area contributed by atoms with Crippen molar-refractivity contribution in [1.82, 2.24) is 10.0 Å². The lowest BCUT2D eigenvalue weighted by Crippen LogP contribution is -2.49. The first-order chi connectivity index (χ1) is 12.8. The molecule has 5 nitrogen and oxygen atoms in total. The molecule has 0 saturated heterocycles. The van der Waals surface area contributed by atoms with E-state index >= 15 is 0 Å². The summed E-state index contributed by atoms with van der Waals surface area (Å²) in [6.45, 7) is 7.38. The van der Waals surface area contributed by atoms with Crippen LogP contribution in [0, 0.1) is 0 Å². The molecule has 137 valence electrons. The Morgan fingerprint density at radius 1 is 0.852 bits per heavy atom. The lowest BCUT2D eigenvalue weighted by molar-refractivity contribution is -0.240. The Hall–Kier alpha value is -2.76. The molecule has 4 rings (SSSR count). The van der Waals surface area contributed by atoms with E-state index in [1.165, 1.54) is 0 Å². The van der Waals surface area contributed by atoms with E-state index < -0.39 is 11.2 Å². The smallest absolute Gasteiger partial charge is 0.227 e. The second-order valence-electron chi connectivity index (χ2n) is 7.74. The largest absolute Gasteiger partial charge is 0.435 e. The van der Waals surface area contributed by atoms with Gasteiger partial charge in [0.15, 0.2) is 5.76 Å². The molecule has 0 spiro atoms. The Balaban J connectivity index is 1.94. The molecule has 0 bridgehead atoms. The van der Waals surface area contributed by atoms with Gasteiger partial charge in [-0.25, -0.2) is 4.98 Å². The minimum absolute atomic E-state index is 0.519. The minimum atomic E-state index is -0.849. The molecule has 0 saturated carbocycles. The summed E-state index contributed by atoms with van der Waals surface area (Å²) >= 11 is 0. The topological polar surface area (TPSA) is 61.5 Å². The second kappa shape index (κ2) is 6.15. The molecule has 3 aromatic rings. The van der Waals surface area contributed by atoms with E-state index in [0.717, 1.165) is 16.2 Å². The highest BCUT2D eigenvalue weighted by molar-refractivity contribution is 6.10. The van der Waals surface area contributed by atoms with Crippen molar-refractivity contribution in [3.05, 3.63) is 66.4 Å². The van der Waals surface area contributed by atoms with Crippen LogP contribution in [0.1, 0.15) is 33.4 Å². The molecule has 1 aromatic heterocycles. The lowest BCUT2D eigenvalue weighted by Gasteiger charge is -2.31. The number of oxazole rings is 1. The van der Waals surface area contributed by atoms with E-state index in [9.17, 15) is 5.21 Å². The van der Waals surface area contributed by atoms with Gasteiger partial charge < -0.3 is 4.42 Å². The predicted molar refractivity (Wildman–Crippen MR) is 105 cm³/mol. The Kier molecular flexibility index (Phi) is 4.02. The third-order valence-corrected chi connectivity index (χ3v) is 4.88. The van der Waals surface area contributed by atoms with E-state index in [4.69, 9.17) is 14.4 Å². The Labute approximate surface area is 159 Å². The fourth-order valence-electron chi connectivity index (χ4n) is 3.55. The lowest BCUT2D eigenvalue weighted by atomic mass is 9.94. The molecular formula is C22H22N3O2. The van der Waals surface area contributed by atoms with Crippen molar-refractivity contribution >= 4 is 5.71 Å². The van der Waals surface area contributed by atoms with Crippen LogP contribution in [0.2, 0.25) is 0 Å². The monoisotopic (exact) mass is 360 g/mol. The second-order valence-corrected chi connectivity index (χ2v) is 7.74. The maximum absolute atomic E-state index is 12.8. The Morgan fingerprint density at radius 3 is 1.93 bits per heavy atom. The first kappa shape index (κ1) is 17.6. The first-order valence-corrected chi connectivity index (χ1v) is 9.00. The van der Waals surface area contributed by atoms with Crippen LogP contribution in [0.15, 0.2) is 70.1 Å². The number of aliphatic imine (C=N–C) groups is 1. The van der Waals surface area contributed by atoms with Crippen molar-refractivity contribution in [2.24, 2.45) is 4.99 Å². The van der Waals surface area contributed by atoms with Gasteiger partial charge in [-0.15, -0.1) is 10.3 Å². The van der Waals surface area contributed by atoms with E-state index in [2.05, 4.69) is 0 Å². The highest BCUT2D eigenvalue weighted by Crippen LogP contribution is 2.39. The van der Waals surface area contributed by atoms with E-state index in [1.807, 2.05) is 88.4 Å². The van der Waals surface area contributed by atoms with Crippen LogP contribution in [0.3, 0.4) is 0 Å². The molecule has 2 aromatic carbocycles. The molecule has 0 amide bonds. The van der Waals surface area contributed by atoms with Crippen LogP contribution in [-0.4, -0.2) is 27.0 Å². The van der Waals surface area contributed by atoms with Gasteiger partial charge in [0.25, 0.3) is 0 Å². The fourth-order valence-corrected chi connectivity index (χ4v) is 3.55. The molecule has 1 aliphatic rings. The van der Waals surface area contributed by atoms with Gasteiger partial charge >= 0.3 is 0 Å². The zero-order valence-electron chi connectivity index (χ0n) is 15.9. The molecule has 1 radical (unpaired) electrons. The fraction of sp³-hybridized carbons (Fsp3) is 0.273. The van der Waals surface area contributed by atoms with Gasteiger partial charge in [0, 0.05) is 11.1 Å². The number of benzene rings is 2. The quantitative estimate of drug-likeness (QED) is 0.662. The molecule has 0 aliphatic carbocycles. The van der Waals surface area contributed by atoms with Gasteiger partial charge in [0.1, 0.15) is 11.4 Å². The molecule has 0 N–H and O–H groups in total. The van der Waals surface area contributed by atoms with Crippen molar-refractivity contribution in [3.8, 4) is 22.8 Å². The maximum atomic E-state index is 12.8. The van der Waals surface area contributed by atoms with Gasteiger partial charge in [0.05, 0.1) is 11.3 Å². The van der Waals surface area contributed by atoms with Gasteiger partial charge in [-0.1, -0.05) is 48.5 Å². The number of hydroxylamine groups is 2. The highest BCUT2D eigenvalue weighted by Gasteiger charge is 2.50. The average Bonchev–Trinajstić information content (AvgIpc) is 3.17. The number of nitrogens with zero attached hydrogens (tertiary/aromatic N) is 3. The van der Waals surface area contributed by atoms with Crippen molar-refractivity contribution < 1.29 is 9.62 Å². The van der Waals surface area contributed by atoms with Crippen LogP contribution in [-0.2, 0) is 5.21 Å². The van der Waals surface area contributed by atoms with Crippen molar-refractivity contribution in [3.63, 3.8) is 0 Å². The molecule has 1 aliphatic heterocycles. The first-order valence-electron chi connectivity index (χ1n) is 9.00. The Morgan fingerprint density at radius 2 is 1.41 bits per heavy atom. The van der Waals surface area contributed by atoms with Crippen LogP contribution < -0.4 is 0 Å². The van der Waals surface area contributed by atoms with Crippen LogP contribution in [0.5, 0.6) is 0 Å². The van der Waals surface area contributed by atoms with E-state index in [-0.39, 0.29) is 0 Å². The summed E-state index contributed by atoms with van der Waals surface area (Å²) in [5.74, 6) is 1.15. The van der Waals surface area contributed by atoms with Crippen LogP contribution in [0.4, 0.5) is 0 Å². The predicted octanol–water partition coefficient (Wildman–Crippen LogP) is 4.97. The summed E-state index contributed by atoms with van der Waals surface area (Å²) in [4.78, 5) is 9.50. The summed E-state index contributed by atoms with van der Waals surface area (Å²) in [5, 5.41) is 13.8. The molecule has 27 heavy (non-hydrogen) atoms. The molecule has 5 heteroatoms. The van der Waals surface area contributed by atoms with E-state index in [0.29, 0.717) is 23.1 Å². The SMILES string of the molecule is CC1(C)N=C(c2nc(-c3ccccc3)oc2-c2ccccc2)C(C)(C)N1[O]. The molecule has 2 heterocycles. The van der Waals surface area contributed by atoms with Crippen molar-refractivity contribution in [2.45, 2.75) is 38.9 Å². The number of rotatable bonds is 3. The Bertz CT molecular complexity index is 989. The normalized spacial score (nSPS) is 18.5. The van der Waals surface area contributed by atoms with Gasteiger partial charge in [-0.2, -0.15) is 0 Å². The zero-order valence-corrected chi connectivity index (χ0v) is 15.9. The van der Waals surface area contributed by atoms with E-state index in [1.54, 1.807) is 0 Å². The molecule has 0 atom stereocenters. The minimum Gasteiger partial charge on any atom is -0.435 e. The molecule has 0 fully saturated rings. The van der Waals surface area contributed by atoms with Gasteiger partial charge in [-0.3, -0.25) is 4.99 Å². The zero-order chi connectivity index (χ0) is 19.2. The summed E-state index contributed by atoms with van der Waals surface area (Å²) < 4.78 is 6.18. The van der Waals surface area contributed by atoms with Crippen molar-refractivity contribution in [1.29, 1.82) is 0 Å². The van der Waals surface area contributed by atoms with Gasteiger partial charge in [-0.05, 0) is 39.8 Å². The highest BCUT2D eigenvalue weighted by atomic mass is 16.5. The maximum Gasteiger partial charge on any atom is 0.227 e. The van der Waals surface area contributed by atoms with Crippen LogP contribution >= 0.6 is 0 Å². The summed E-state index contributed by atoms with van der Waals surface area (Å²) in [6, 6.07) is 19.6. The summed E-state index contributed by atoms with van der Waals surface area (Å²) in [5.41, 5.74) is 1.40. The third-order valence-electron chi connectivity index (χ3n) is 4.88. The number of aromatic nitrogens is 1.